The van der Waals surface area contributed by atoms with Crippen molar-refractivity contribution in [3.63, 3.8) is 0 Å². The van der Waals surface area contributed by atoms with Gasteiger partial charge in [-0.05, 0) is 49.4 Å². The summed E-state index contributed by atoms with van der Waals surface area (Å²) in [5, 5.41) is 0. The zero-order valence-corrected chi connectivity index (χ0v) is 18.1. The van der Waals surface area contributed by atoms with Gasteiger partial charge < -0.3 is 9.47 Å². The first-order chi connectivity index (χ1) is 13.4. The van der Waals surface area contributed by atoms with E-state index in [1.54, 1.807) is 11.4 Å². The molecule has 1 saturated carbocycles. The molecule has 0 unspecified atom stereocenters. The molecule has 0 saturated heterocycles. The lowest BCUT2D eigenvalue weighted by Crippen LogP contribution is -2.52. The van der Waals surface area contributed by atoms with Crippen LogP contribution in [0, 0.1) is 0 Å². The molecule has 28 heavy (non-hydrogen) atoms. The minimum atomic E-state index is -3.52. The summed E-state index contributed by atoms with van der Waals surface area (Å²) >= 11 is 0. The summed E-state index contributed by atoms with van der Waals surface area (Å²) in [6.07, 6.45) is 6.18. The molecule has 7 heteroatoms. The Kier molecular flexibility index (Phi) is 5.35. The van der Waals surface area contributed by atoms with E-state index in [9.17, 15) is 8.42 Å². The molecule has 0 bridgehead atoms. The van der Waals surface area contributed by atoms with Gasteiger partial charge in [0.2, 0.25) is 0 Å². The molecule has 0 radical (unpaired) electrons. The number of nitrogens with zero attached hydrogens (tertiary/aromatic N) is 2. The van der Waals surface area contributed by atoms with E-state index in [2.05, 4.69) is 13.0 Å². The van der Waals surface area contributed by atoms with Crippen LogP contribution >= 0.6 is 0 Å². The van der Waals surface area contributed by atoms with Crippen molar-refractivity contribution in [3.05, 3.63) is 23.3 Å². The third-order valence-corrected chi connectivity index (χ3v) is 8.71. The Morgan fingerprint density at radius 1 is 1.18 bits per heavy atom. The van der Waals surface area contributed by atoms with Crippen molar-refractivity contribution in [1.82, 2.24) is 8.61 Å². The normalized spacial score (nSPS) is 23.9. The van der Waals surface area contributed by atoms with Crippen LogP contribution in [0.25, 0.3) is 0 Å². The maximum absolute atomic E-state index is 13.4. The molecule has 0 N–H and O–H groups in total. The van der Waals surface area contributed by atoms with Crippen LogP contribution in [0.4, 0.5) is 0 Å². The fraction of sp³-hybridized carbons (Fsp3) is 0.714. The van der Waals surface area contributed by atoms with Gasteiger partial charge in [-0.3, -0.25) is 0 Å². The van der Waals surface area contributed by atoms with Crippen LogP contribution in [-0.2, 0) is 15.6 Å². The van der Waals surface area contributed by atoms with Gasteiger partial charge in [-0.25, -0.2) is 0 Å². The van der Waals surface area contributed by atoms with Gasteiger partial charge in [-0.15, -0.1) is 0 Å². The topological polar surface area (TPSA) is 59.1 Å². The summed E-state index contributed by atoms with van der Waals surface area (Å²) in [7, 11) is -1.81. The summed E-state index contributed by atoms with van der Waals surface area (Å²) < 4.78 is 41.8. The SMILES string of the molecule is CCCCN(C)S(=O)(=O)N1CC2(CCCC2)c2cc3c(cc2[C@@H]1C)OCCO3. The lowest BCUT2D eigenvalue weighted by atomic mass is 9.72. The predicted molar refractivity (Wildman–Crippen MR) is 109 cm³/mol. The molecule has 2 heterocycles. The Morgan fingerprint density at radius 2 is 1.82 bits per heavy atom. The van der Waals surface area contributed by atoms with Crippen LogP contribution in [0.15, 0.2) is 12.1 Å². The Morgan fingerprint density at radius 3 is 2.46 bits per heavy atom. The molecule has 1 aliphatic carbocycles. The van der Waals surface area contributed by atoms with Gasteiger partial charge in [0.05, 0.1) is 0 Å². The second kappa shape index (κ2) is 7.50. The van der Waals surface area contributed by atoms with E-state index in [1.807, 2.05) is 13.0 Å². The highest BCUT2D eigenvalue weighted by molar-refractivity contribution is 7.86. The van der Waals surface area contributed by atoms with Crippen molar-refractivity contribution in [2.45, 2.75) is 63.8 Å². The van der Waals surface area contributed by atoms with Crippen LogP contribution in [0.5, 0.6) is 11.5 Å². The van der Waals surface area contributed by atoms with Gasteiger partial charge >= 0.3 is 0 Å². The number of ether oxygens (including phenoxy) is 2. The highest BCUT2D eigenvalue weighted by Gasteiger charge is 2.49. The summed E-state index contributed by atoms with van der Waals surface area (Å²) in [4.78, 5) is 0. The minimum absolute atomic E-state index is 0.115. The van der Waals surface area contributed by atoms with Gasteiger partial charge in [0.15, 0.2) is 11.5 Å². The first kappa shape index (κ1) is 20.0. The molecule has 0 amide bonds. The van der Waals surface area contributed by atoms with Crippen molar-refractivity contribution in [2.24, 2.45) is 0 Å². The molecule has 4 rings (SSSR count). The zero-order chi connectivity index (χ0) is 19.9. The number of rotatable bonds is 5. The van der Waals surface area contributed by atoms with Gasteiger partial charge in [0.25, 0.3) is 10.2 Å². The van der Waals surface area contributed by atoms with Crippen molar-refractivity contribution < 1.29 is 17.9 Å². The summed E-state index contributed by atoms with van der Waals surface area (Å²) in [6, 6.07) is 3.95. The van der Waals surface area contributed by atoms with E-state index in [4.69, 9.17) is 9.47 Å². The Labute approximate surface area is 169 Å². The van der Waals surface area contributed by atoms with Crippen LogP contribution in [0.3, 0.4) is 0 Å². The van der Waals surface area contributed by atoms with E-state index in [-0.39, 0.29) is 11.5 Å². The van der Waals surface area contributed by atoms with Crippen LogP contribution < -0.4 is 9.47 Å². The van der Waals surface area contributed by atoms with Gasteiger partial charge in [0.1, 0.15) is 13.2 Å². The summed E-state index contributed by atoms with van der Waals surface area (Å²) in [6.45, 7) is 6.30. The van der Waals surface area contributed by atoms with E-state index < -0.39 is 10.2 Å². The Bertz CT molecular complexity index is 833. The second-order valence-electron chi connectivity index (χ2n) is 8.47. The summed E-state index contributed by atoms with van der Waals surface area (Å²) in [5.41, 5.74) is 2.23. The molecule has 1 aromatic rings. The number of fused-ring (bicyclic) bond motifs is 3. The monoisotopic (exact) mass is 408 g/mol. The highest BCUT2D eigenvalue weighted by Crippen LogP contribution is 2.52. The van der Waals surface area contributed by atoms with E-state index >= 15 is 0 Å². The van der Waals surface area contributed by atoms with Crippen molar-refractivity contribution in [1.29, 1.82) is 0 Å². The smallest absolute Gasteiger partial charge is 0.282 e. The first-order valence-corrected chi connectivity index (χ1v) is 12.0. The van der Waals surface area contributed by atoms with E-state index in [0.717, 1.165) is 55.6 Å². The molecule has 1 fully saturated rings. The molecule has 1 aromatic carbocycles. The molecule has 156 valence electrons. The summed E-state index contributed by atoms with van der Waals surface area (Å²) in [5.74, 6) is 1.54. The first-order valence-electron chi connectivity index (χ1n) is 10.6. The molecule has 2 aliphatic heterocycles. The second-order valence-corrected chi connectivity index (χ2v) is 10.5. The number of benzene rings is 1. The number of unbranched alkanes of at least 4 members (excludes halogenated alkanes) is 1. The largest absolute Gasteiger partial charge is 0.486 e. The number of hydrogen-bond donors (Lipinski definition) is 0. The molecular weight excluding hydrogens is 376 g/mol. The number of hydrogen-bond acceptors (Lipinski definition) is 4. The molecule has 3 aliphatic rings. The molecule has 1 spiro atoms. The molecule has 6 nitrogen and oxygen atoms in total. The zero-order valence-electron chi connectivity index (χ0n) is 17.2. The fourth-order valence-electron chi connectivity index (χ4n) is 5.02. The average molecular weight is 409 g/mol. The van der Waals surface area contributed by atoms with E-state index in [1.165, 1.54) is 9.87 Å². The van der Waals surface area contributed by atoms with Crippen molar-refractivity contribution in [2.75, 3.05) is 33.4 Å². The van der Waals surface area contributed by atoms with Crippen molar-refractivity contribution in [3.8, 4) is 11.5 Å². The molecular formula is C21H32N2O4S. The molecule has 0 aromatic heterocycles. The maximum Gasteiger partial charge on any atom is 0.282 e. The predicted octanol–water partition coefficient (Wildman–Crippen LogP) is 3.62. The quantitative estimate of drug-likeness (QED) is 0.747. The Balaban J connectivity index is 1.77. The van der Waals surface area contributed by atoms with Crippen LogP contribution in [0.1, 0.15) is 69.5 Å². The lowest BCUT2D eigenvalue weighted by Gasteiger charge is -2.46. The molecule has 1 atom stereocenters. The van der Waals surface area contributed by atoms with Gasteiger partial charge in [-0.2, -0.15) is 17.0 Å². The highest BCUT2D eigenvalue weighted by atomic mass is 32.2. The van der Waals surface area contributed by atoms with Crippen LogP contribution in [-0.4, -0.2) is 50.4 Å². The maximum atomic E-state index is 13.4. The van der Waals surface area contributed by atoms with Gasteiger partial charge in [-0.1, -0.05) is 26.2 Å². The van der Waals surface area contributed by atoms with E-state index in [0.29, 0.717) is 26.3 Å². The minimum Gasteiger partial charge on any atom is -0.486 e. The third-order valence-electron chi connectivity index (χ3n) is 6.70. The fourth-order valence-corrected chi connectivity index (χ4v) is 6.66. The van der Waals surface area contributed by atoms with Gasteiger partial charge in [0, 0.05) is 31.6 Å². The van der Waals surface area contributed by atoms with Crippen LogP contribution in [0.2, 0.25) is 0 Å². The standard InChI is InChI=1S/C21H32N2O4S/c1-4-5-10-22(3)28(24,25)23-15-21(8-6-7-9-21)18-14-20-19(26-11-12-27-20)13-17(18)16(23)2/h13-14,16H,4-12,15H2,1-3H3/t16-/m0/s1. The average Bonchev–Trinajstić information content (AvgIpc) is 3.17. The lowest BCUT2D eigenvalue weighted by molar-refractivity contribution is 0.167. The third kappa shape index (κ3) is 3.21. The van der Waals surface area contributed by atoms with Crippen molar-refractivity contribution >= 4 is 10.2 Å². The Hall–Kier alpha value is -1.31.